The zero-order chi connectivity index (χ0) is 20.1. The molecule has 2 amide bonds. The van der Waals surface area contributed by atoms with Gasteiger partial charge < -0.3 is 19.4 Å². The summed E-state index contributed by atoms with van der Waals surface area (Å²) in [6, 6.07) is 0.164. The van der Waals surface area contributed by atoms with E-state index in [0.29, 0.717) is 32.2 Å². The number of nitrogens with zero attached hydrogens (tertiary/aromatic N) is 5. The second-order valence-corrected chi connectivity index (χ2v) is 10.0. The van der Waals surface area contributed by atoms with Crippen LogP contribution >= 0.6 is 11.3 Å². The minimum Gasteiger partial charge on any atom is -0.378 e. The van der Waals surface area contributed by atoms with E-state index in [1.165, 1.54) is 52.8 Å². The zero-order valence-electron chi connectivity index (χ0n) is 17.4. The van der Waals surface area contributed by atoms with Gasteiger partial charge in [-0.2, -0.15) is 0 Å². The molecule has 4 aliphatic rings. The highest BCUT2D eigenvalue weighted by atomic mass is 32.1. The smallest absolute Gasteiger partial charge is 0.320 e. The van der Waals surface area contributed by atoms with Crippen LogP contribution in [0.2, 0.25) is 0 Å². The Balaban J connectivity index is 1.27. The fourth-order valence-corrected chi connectivity index (χ4v) is 6.23. The summed E-state index contributed by atoms with van der Waals surface area (Å²) < 4.78 is 5.39. The molecule has 2 saturated heterocycles. The largest absolute Gasteiger partial charge is 0.378 e. The molecule has 0 radical (unpaired) electrons. The highest BCUT2D eigenvalue weighted by Gasteiger charge is 2.32. The Morgan fingerprint density at radius 2 is 1.67 bits per heavy atom. The molecule has 7 nitrogen and oxygen atoms in total. The van der Waals surface area contributed by atoms with Crippen LogP contribution in [0, 0.1) is 0 Å². The standard InChI is InChI=1S/C22H29N5O2S/c28-22(27-11-13-29-14-12-27)26-9-7-25(8-10-26)20-18-16-3-1-2-4-17(16)30-21(18)24-19(23-20)15-5-6-15/h15H,1-14H2. The van der Waals surface area contributed by atoms with E-state index in [0.717, 1.165) is 44.2 Å². The zero-order valence-corrected chi connectivity index (χ0v) is 18.3. The molecule has 8 heteroatoms. The van der Waals surface area contributed by atoms with Crippen LogP contribution in [0.25, 0.3) is 10.2 Å². The van der Waals surface area contributed by atoms with E-state index in [1.54, 1.807) is 0 Å². The van der Waals surface area contributed by atoms with Gasteiger partial charge in [-0.05, 0) is 44.1 Å². The van der Waals surface area contributed by atoms with Crippen molar-refractivity contribution in [1.29, 1.82) is 0 Å². The van der Waals surface area contributed by atoms with Gasteiger partial charge in [-0.25, -0.2) is 14.8 Å². The maximum absolute atomic E-state index is 12.9. The van der Waals surface area contributed by atoms with Gasteiger partial charge >= 0.3 is 6.03 Å². The van der Waals surface area contributed by atoms with Gasteiger partial charge in [-0.1, -0.05) is 0 Å². The molecular formula is C22H29N5O2S. The van der Waals surface area contributed by atoms with E-state index in [1.807, 2.05) is 21.1 Å². The number of aromatic nitrogens is 2. The average Bonchev–Trinajstić information content (AvgIpc) is 3.59. The minimum absolute atomic E-state index is 0.164. The first kappa shape index (κ1) is 18.8. The first-order valence-corrected chi connectivity index (χ1v) is 12.3. The molecule has 2 aromatic heterocycles. The molecule has 2 aliphatic heterocycles. The van der Waals surface area contributed by atoms with E-state index in [9.17, 15) is 4.79 Å². The normalized spacial score (nSPS) is 22.5. The van der Waals surface area contributed by atoms with Crippen molar-refractivity contribution in [2.45, 2.75) is 44.4 Å². The number of ether oxygens (including phenoxy) is 1. The highest BCUT2D eigenvalue weighted by molar-refractivity contribution is 7.19. The van der Waals surface area contributed by atoms with Crippen molar-refractivity contribution in [3.05, 3.63) is 16.3 Å². The van der Waals surface area contributed by atoms with Crippen LogP contribution in [0.4, 0.5) is 10.6 Å². The van der Waals surface area contributed by atoms with Crippen molar-refractivity contribution in [3.8, 4) is 0 Å². The van der Waals surface area contributed by atoms with Crippen LogP contribution in [0.3, 0.4) is 0 Å². The number of anilines is 1. The van der Waals surface area contributed by atoms with Crippen LogP contribution in [-0.2, 0) is 17.6 Å². The van der Waals surface area contributed by atoms with Gasteiger partial charge in [0, 0.05) is 50.1 Å². The molecule has 0 bridgehead atoms. The fraction of sp³-hybridized carbons (Fsp3) is 0.682. The lowest BCUT2D eigenvalue weighted by atomic mass is 9.97. The van der Waals surface area contributed by atoms with Crippen molar-refractivity contribution in [2.24, 2.45) is 0 Å². The molecule has 30 heavy (non-hydrogen) atoms. The third-order valence-corrected chi connectivity index (χ3v) is 8.07. The number of carbonyl (C=O) groups is 1. The van der Waals surface area contributed by atoms with Gasteiger partial charge in [0.15, 0.2) is 0 Å². The summed E-state index contributed by atoms with van der Waals surface area (Å²) in [6.07, 6.45) is 7.35. The van der Waals surface area contributed by atoms with Gasteiger partial charge in [0.1, 0.15) is 16.5 Å². The number of hydrogen-bond acceptors (Lipinski definition) is 6. The Kier molecular flexibility index (Phi) is 4.79. The maximum atomic E-state index is 12.9. The predicted molar refractivity (Wildman–Crippen MR) is 118 cm³/mol. The van der Waals surface area contributed by atoms with Crippen LogP contribution in [0.1, 0.15) is 47.9 Å². The molecule has 2 aromatic rings. The van der Waals surface area contributed by atoms with E-state index in [2.05, 4.69) is 4.90 Å². The van der Waals surface area contributed by atoms with E-state index in [-0.39, 0.29) is 6.03 Å². The van der Waals surface area contributed by atoms with Crippen LogP contribution < -0.4 is 4.90 Å². The summed E-state index contributed by atoms with van der Waals surface area (Å²) in [5.41, 5.74) is 1.51. The monoisotopic (exact) mass is 427 g/mol. The summed E-state index contributed by atoms with van der Waals surface area (Å²) in [6.45, 7) is 5.91. The Morgan fingerprint density at radius 1 is 0.933 bits per heavy atom. The van der Waals surface area contributed by atoms with Gasteiger partial charge in [0.25, 0.3) is 0 Å². The third-order valence-electron chi connectivity index (χ3n) is 6.89. The summed E-state index contributed by atoms with van der Waals surface area (Å²) in [5, 5.41) is 1.31. The summed E-state index contributed by atoms with van der Waals surface area (Å²) in [7, 11) is 0. The topological polar surface area (TPSA) is 61.8 Å². The lowest BCUT2D eigenvalue weighted by Gasteiger charge is -2.39. The number of amides is 2. The fourth-order valence-electron chi connectivity index (χ4n) is 4.97. The van der Waals surface area contributed by atoms with Crippen LogP contribution in [0.15, 0.2) is 0 Å². The molecule has 160 valence electrons. The molecular weight excluding hydrogens is 398 g/mol. The average molecular weight is 428 g/mol. The number of hydrogen-bond donors (Lipinski definition) is 0. The molecule has 0 aromatic carbocycles. The van der Waals surface area contributed by atoms with E-state index in [4.69, 9.17) is 14.7 Å². The molecule has 2 aliphatic carbocycles. The van der Waals surface area contributed by atoms with Crippen LogP contribution in [-0.4, -0.2) is 78.3 Å². The van der Waals surface area contributed by atoms with Crippen molar-refractivity contribution >= 4 is 33.4 Å². The number of rotatable bonds is 2. The number of thiophene rings is 1. The van der Waals surface area contributed by atoms with E-state index < -0.39 is 0 Å². The predicted octanol–water partition coefficient (Wildman–Crippen LogP) is 3.02. The quantitative estimate of drug-likeness (QED) is 0.737. The number of carbonyl (C=O) groups excluding carboxylic acids is 1. The van der Waals surface area contributed by atoms with Crippen molar-refractivity contribution in [2.75, 3.05) is 57.4 Å². The lowest BCUT2D eigenvalue weighted by molar-refractivity contribution is 0.0428. The second kappa shape index (κ2) is 7.64. The molecule has 0 N–H and O–H groups in total. The molecule has 0 spiro atoms. The van der Waals surface area contributed by atoms with E-state index >= 15 is 0 Å². The number of aryl methyl sites for hydroxylation is 2. The lowest BCUT2D eigenvalue weighted by Crippen LogP contribution is -2.55. The first-order valence-electron chi connectivity index (χ1n) is 11.5. The molecule has 1 saturated carbocycles. The van der Waals surface area contributed by atoms with Crippen molar-refractivity contribution < 1.29 is 9.53 Å². The van der Waals surface area contributed by atoms with Crippen molar-refractivity contribution in [3.63, 3.8) is 0 Å². The number of morpholine rings is 1. The molecule has 6 rings (SSSR count). The number of urea groups is 1. The minimum atomic E-state index is 0.164. The third kappa shape index (κ3) is 3.34. The van der Waals surface area contributed by atoms with Gasteiger partial charge in [-0.15, -0.1) is 11.3 Å². The summed E-state index contributed by atoms with van der Waals surface area (Å²) in [4.78, 5) is 32.1. The first-order chi connectivity index (χ1) is 14.8. The van der Waals surface area contributed by atoms with Crippen molar-refractivity contribution in [1.82, 2.24) is 19.8 Å². The maximum Gasteiger partial charge on any atom is 0.320 e. The van der Waals surface area contributed by atoms with Gasteiger partial charge in [0.05, 0.1) is 18.6 Å². The van der Waals surface area contributed by atoms with Gasteiger partial charge in [0.2, 0.25) is 0 Å². The number of piperazine rings is 1. The highest BCUT2D eigenvalue weighted by Crippen LogP contribution is 2.44. The Morgan fingerprint density at radius 3 is 2.43 bits per heavy atom. The molecule has 0 atom stereocenters. The summed E-state index contributed by atoms with van der Waals surface area (Å²) in [5.74, 6) is 2.74. The Bertz CT molecular complexity index is 958. The van der Waals surface area contributed by atoms with Gasteiger partial charge in [-0.3, -0.25) is 0 Å². The Labute approximate surface area is 181 Å². The Hall–Kier alpha value is -1.93. The molecule has 4 heterocycles. The summed E-state index contributed by atoms with van der Waals surface area (Å²) >= 11 is 1.90. The number of fused-ring (bicyclic) bond motifs is 3. The molecule has 3 fully saturated rings. The second-order valence-electron chi connectivity index (χ2n) is 8.93. The SMILES string of the molecule is O=C(N1CCOCC1)N1CCN(c2nc(C3CC3)nc3sc4c(c23)CCCC4)CC1. The molecule has 0 unspecified atom stereocenters. The van der Waals surface area contributed by atoms with Crippen LogP contribution in [0.5, 0.6) is 0 Å².